The van der Waals surface area contributed by atoms with E-state index in [4.69, 9.17) is 9.84 Å². The normalized spacial score (nSPS) is 9.88. The molecule has 0 saturated carbocycles. The molecule has 0 unspecified atom stereocenters. The fraction of sp³-hybridized carbons (Fsp3) is 0.400. The Morgan fingerprint density at radius 1 is 1.56 bits per heavy atom. The molecule has 1 aromatic rings. The molecule has 0 radical (unpaired) electrons. The summed E-state index contributed by atoms with van der Waals surface area (Å²) in [6.45, 7) is 2.52. The first-order valence-electron chi connectivity index (χ1n) is 4.95. The molecule has 0 spiro atoms. The molecule has 0 aromatic heterocycles. The van der Waals surface area contributed by atoms with E-state index in [2.05, 4.69) is 5.32 Å². The smallest absolute Gasteiger partial charge is 0.311 e. The molecule has 6 heteroatoms. The Kier molecular flexibility index (Phi) is 4.53. The van der Waals surface area contributed by atoms with Gasteiger partial charge in [-0.2, -0.15) is 0 Å². The molecule has 1 aromatic carbocycles. The van der Waals surface area contributed by atoms with E-state index in [0.29, 0.717) is 18.8 Å². The first-order valence-corrected chi connectivity index (χ1v) is 4.95. The third-order valence-electron chi connectivity index (χ3n) is 1.90. The van der Waals surface area contributed by atoms with E-state index in [-0.39, 0.29) is 18.0 Å². The van der Waals surface area contributed by atoms with Crippen molar-refractivity contribution in [1.82, 2.24) is 0 Å². The van der Waals surface area contributed by atoms with Crippen molar-refractivity contribution in [3.8, 4) is 5.75 Å². The lowest BCUT2D eigenvalue weighted by atomic mass is 10.2. The fourth-order valence-corrected chi connectivity index (χ4v) is 1.25. The molecule has 0 aliphatic rings. The van der Waals surface area contributed by atoms with Crippen LogP contribution in [0.25, 0.3) is 0 Å². The van der Waals surface area contributed by atoms with E-state index in [0.717, 1.165) is 0 Å². The van der Waals surface area contributed by atoms with Gasteiger partial charge < -0.3 is 15.2 Å². The lowest BCUT2D eigenvalue weighted by molar-refractivity contribution is -0.385. The Balaban J connectivity index is 2.92. The van der Waals surface area contributed by atoms with E-state index in [1.54, 1.807) is 19.1 Å². The largest absolute Gasteiger partial charge is 0.487 e. The van der Waals surface area contributed by atoms with Gasteiger partial charge in [0.2, 0.25) is 0 Å². The van der Waals surface area contributed by atoms with Crippen molar-refractivity contribution >= 4 is 11.4 Å². The minimum Gasteiger partial charge on any atom is -0.487 e. The number of aliphatic hydroxyl groups is 1. The fourth-order valence-electron chi connectivity index (χ4n) is 1.25. The van der Waals surface area contributed by atoms with Crippen molar-refractivity contribution in [3.63, 3.8) is 0 Å². The highest BCUT2D eigenvalue weighted by molar-refractivity contribution is 5.57. The van der Waals surface area contributed by atoms with Gasteiger partial charge in [-0.15, -0.1) is 0 Å². The van der Waals surface area contributed by atoms with E-state index in [9.17, 15) is 10.1 Å². The number of nitrogens with one attached hydrogen (secondary N) is 1. The van der Waals surface area contributed by atoms with Crippen LogP contribution in [0.2, 0.25) is 0 Å². The van der Waals surface area contributed by atoms with Crippen LogP contribution in [0, 0.1) is 10.1 Å². The molecular weight excluding hydrogens is 212 g/mol. The second kappa shape index (κ2) is 5.92. The number of anilines is 1. The number of ether oxygens (including phenoxy) is 1. The highest BCUT2D eigenvalue weighted by Gasteiger charge is 2.14. The van der Waals surface area contributed by atoms with Gasteiger partial charge in [0.05, 0.1) is 18.1 Å². The second-order valence-corrected chi connectivity index (χ2v) is 3.02. The van der Waals surface area contributed by atoms with Crippen LogP contribution in [-0.2, 0) is 0 Å². The predicted octanol–water partition coefficient (Wildman–Crippen LogP) is 1.40. The van der Waals surface area contributed by atoms with E-state index in [1.807, 2.05) is 0 Å². The van der Waals surface area contributed by atoms with E-state index in [1.165, 1.54) is 6.07 Å². The number of hydrogen-bond donors (Lipinski definition) is 2. The van der Waals surface area contributed by atoms with Gasteiger partial charge in [0.1, 0.15) is 0 Å². The van der Waals surface area contributed by atoms with E-state index >= 15 is 0 Å². The zero-order valence-electron chi connectivity index (χ0n) is 8.97. The highest BCUT2D eigenvalue weighted by atomic mass is 16.6. The Labute approximate surface area is 93.0 Å². The molecule has 2 N–H and O–H groups in total. The van der Waals surface area contributed by atoms with Gasteiger partial charge in [0.25, 0.3) is 0 Å². The van der Waals surface area contributed by atoms with Gasteiger partial charge in [-0.3, -0.25) is 10.1 Å². The van der Waals surface area contributed by atoms with Crippen molar-refractivity contribution in [2.24, 2.45) is 0 Å². The quantitative estimate of drug-likeness (QED) is 0.565. The highest BCUT2D eigenvalue weighted by Crippen LogP contribution is 2.29. The first-order chi connectivity index (χ1) is 7.69. The van der Waals surface area contributed by atoms with Gasteiger partial charge in [-0.25, -0.2) is 0 Å². The summed E-state index contributed by atoms with van der Waals surface area (Å²) in [4.78, 5) is 10.2. The molecule has 6 nitrogen and oxygen atoms in total. The molecule has 0 fully saturated rings. The molecule has 0 aliphatic carbocycles. The van der Waals surface area contributed by atoms with Crippen molar-refractivity contribution in [1.29, 1.82) is 0 Å². The van der Waals surface area contributed by atoms with Gasteiger partial charge in [-0.1, -0.05) is 0 Å². The number of nitro benzene ring substituents is 1. The van der Waals surface area contributed by atoms with Crippen molar-refractivity contribution in [2.45, 2.75) is 6.92 Å². The topological polar surface area (TPSA) is 84.6 Å². The third kappa shape index (κ3) is 3.09. The molecule has 0 aliphatic heterocycles. The third-order valence-corrected chi connectivity index (χ3v) is 1.90. The van der Waals surface area contributed by atoms with Crippen molar-refractivity contribution < 1.29 is 14.8 Å². The molecular formula is C10H14N2O4. The summed E-state index contributed by atoms with van der Waals surface area (Å²) in [7, 11) is 0. The number of nitrogens with zero attached hydrogens (tertiary/aromatic N) is 1. The van der Waals surface area contributed by atoms with Crippen LogP contribution in [0.1, 0.15) is 6.92 Å². The lowest BCUT2D eigenvalue weighted by Crippen LogP contribution is -2.06. The van der Waals surface area contributed by atoms with Crippen LogP contribution < -0.4 is 10.1 Å². The van der Waals surface area contributed by atoms with Gasteiger partial charge in [0, 0.05) is 24.4 Å². The van der Waals surface area contributed by atoms with Crippen LogP contribution in [0.4, 0.5) is 11.4 Å². The predicted molar refractivity (Wildman–Crippen MR) is 59.8 cm³/mol. The summed E-state index contributed by atoms with van der Waals surface area (Å²) < 4.78 is 5.17. The monoisotopic (exact) mass is 226 g/mol. The van der Waals surface area contributed by atoms with Crippen LogP contribution in [-0.4, -0.2) is 29.8 Å². The molecule has 88 valence electrons. The number of aliphatic hydroxyl groups excluding tert-OH is 1. The van der Waals surface area contributed by atoms with Crippen LogP contribution in [0.3, 0.4) is 0 Å². The van der Waals surface area contributed by atoms with Gasteiger partial charge in [0.15, 0.2) is 5.75 Å². The van der Waals surface area contributed by atoms with Crippen molar-refractivity contribution in [3.05, 3.63) is 28.3 Å². The Bertz CT molecular complexity index is 368. The number of benzene rings is 1. The molecule has 0 amide bonds. The molecule has 0 saturated heterocycles. The Hall–Kier alpha value is -1.82. The average molecular weight is 226 g/mol. The van der Waals surface area contributed by atoms with E-state index < -0.39 is 4.92 Å². The first kappa shape index (κ1) is 12.3. The number of rotatable bonds is 6. The number of hydrogen-bond acceptors (Lipinski definition) is 5. The lowest BCUT2D eigenvalue weighted by Gasteiger charge is -2.08. The maximum absolute atomic E-state index is 10.7. The summed E-state index contributed by atoms with van der Waals surface area (Å²) >= 11 is 0. The number of nitro groups is 1. The summed E-state index contributed by atoms with van der Waals surface area (Å²) in [6.07, 6.45) is 0. The Morgan fingerprint density at radius 3 is 2.88 bits per heavy atom. The average Bonchev–Trinajstić information content (AvgIpc) is 2.26. The van der Waals surface area contributed by atoms with Gasteiger partial charge in [-0.05, 0) is 13.0 Å². The summed E-state index contributed by atoms with van der Waals surface area (Å²) in [6, 6.07) is 4.51. The minimum absolute atomic E-state index is 0.000948. The summed E-state index contributed by atoms with van der Waals surface area (Å²) in [5.41, 5.74) is 0.625. The molecule has 1 rings (SSSR count). The minimum atomic E-state index is -0.485. The molecule has 0 bridgehead atoms. The molecule has 0 atom stereocenters. The Morgan fingerprint density at radius 2 is 2.31 bits per heavy atom. The second-order valence-electron chi connectivity index (χ2n) is 3.02. The maximum atomic E-state index is 10.7. The van der Waals surface area contributed by atoms with Crippen LogP contribution in [0.15, 0.2) is 18.2 Å². The molecule has 16 heavy (non-hydrogen) atoms. The molecule has 0 heterocycles. The van der Waals surface area contributed by atoms with Crippen LogP contribution >= 0.6 is 0 Å². The summed E-state index contributed by atoms with van der Waals surface area (Å²) in [5.74, 6) is 0.232. The van der Waals surface area contributed by atoms with Gasteiger partial charge >= 0.3 is 5.69 Å². The zero-order valence-corrected chi connectivity index (χ0v) is 8.97. The standard InChI is InChI=1S/C10H14N2O4/c1-2-16-10-7-8(11-5-6-13)3-4-9(10)12(14)15/h3-4,7,11,13H,2,5-6H2,1H3. The van der Waals surface area contributed by atoms with Crippen molar-refractivity contribution in [2.75, 3.05) is 25.1 Å². The zero-order chi connectivity index (χ0) is 12.0. The SMILES string of the molecule is CCOc1cc(NCCO)ccc1[N+](=O)[O-]. The summed E-state index contributed by atoms with van der Waals surface area (Å²) in [5, 5.41) is 22.2. The maximum Gasteiger partial charge on any atom is 0.311 e. The van der Waals surface area contributed by atoms with Crippen LogP contribution in [0.5, 0.6) is 5.75 Å².